The van der Waals surface area contributed by atoms with E-state index in [2.05, 4.69) is 0 Å². The van der Waals surface area contributed by atoms with Crippen LogP contribution in [0.4, 0.5) is 4.79 Å². The number of aliphatic hydroxyl groups excluding tert-OH is 2. The fraction of sp³-hybridized carbons (Fsp3) is 0.909. The number of piperidine rings is 1. The molecule has 0 aliphatic carbocycles. The molecule has 0 aromatic carbocycles. The molecule has 1 heterocycles. The molecule has 1 rings (SSSR count). The van der Waals surface area contributed by atoms with Gasteiger partial charge in [-0.3, -0.25) is 0 Å². The summed E-state index contributed by atoms with van der Waals surface area (Å²) in [7, 11) is 0. The van der Waals surface area contributed by atoms with E-state index in [0.29, 0.717) is 19.5 Å². The Morgan fingerprint density at radius 2 is 2.12 bits per heavy atom. The number of carbonyl (C=O) groups excluding carboxylic acids is 1. The monoisotopic (exact) mass is 231 g/mol. The summed E-state index contributed by atoms with van der Waals surface area (Å²) >= 11 is 0. The van der Waals surface area contributed by atoms with Crippen molar-refractivity contribution < 1.29 is 19.7 Å². The van der Waals surface area contributed by atoms with Gasteiger partial charge in [-0.2, -0.15) is 0 Å². The summed E-state index contributed by atoms with van der Waals surface area (Å²) in [6.07, 6.45) is -0.411. The molecule has 5 heteroatoms. The van der Waals surface area contributed by atoms with Crippen LogP contribution in [-0.4, -0.2) is 52.6 Å². The fourth-order valence-electron chi connectivity index (χ4n) is 1.69. The van der Waals surface area contributed by atoms with Crippen LogP contribution in [-0.2, 0) is 4.74 Å². The lowest BCUT2D eigenvalue weighted by Crippen LogP contribution is -2.48. The van der Waals surface area contributed by atoms with Crippen LogP contribution in [0.1, 0.15) is 27.2 Å². The van der Waals surface area contributed by atoms with Gasteiger partial charge in [0.1, 0.15) is 5.60 Å². The van der Waals surface area contributed by atoms with Crippen LogP contribution in [0.5, 0.6) is 0 Å². The second-order valence-electron chi connectivity index (χ2n) is 5.23. The molecule has 1 saturated heterocycles. The van der Waals surface area contributed by atoms with Crippen molar-refractivity contribution in [1.29, 1.82) is 0 Å². The molecule has 2 N–H and O–H groups in total. The maximum Gasteiger partial charge on any atom is 0.410 e. The van der Waals surface area contributed by atoms with E-state index in [4.69, 9.17) is 9.84 Å². The van der Waals surface area contributed by atoms with Crippen LogP contribution < -0.4 is 0 Å². The van der Waals surface area contributed by atoms with E-state index in [1.165, 1.54) is 0 Å². The second-order valence-corrected chi connectivity index (χ2v) is 5.23. The number of nitrogens with zero attached hydrogens (tertiary/aromatic N) is 1. The normalized spacial score (nSPS) is 26.7. The zero-order chi connectivity index (χ0) is 12.3. The maximum atomic E-state index is 11.7. The topological polar surface area (TPSA) is 70.0 Å². The third kappa shape index (κ3) is 3.64. The van der Waals surface area contributed by atoms with E-state index in [0.717, 1.165) is 0 Å². The lowest BCUT2D eigenvalue weighted by atomic mass is 9.96. The Balaban J connectivity index is 2.52. The summed E-state index contributed by atoms with van der Waals surface area (Å²) < 4.78 is 5.23. The molecule has 1 amide bonds. The molecule has 0 unspecified atom stereocenters. The van der Waals surface area contributed by atoms with E-state index in [9.17, 15) is 9.90 Å². The number of carbonyl (C=O) groups is 1. The smallest absolute Gasteiger partial charge is 0.410 e. The summed E-state index contributed by atoms with van der Waals surface area (Å²) in [6, 6.07) is 0. The molecule has 0 aromatic heterocycles. The van der Waals surface area contributed by atoms with Gasteiger partial charge in [-0.1, -0.05) is 0 Å². The van der Waals surface area contributed by atoms with E-state index < -0.39 is 11.7 Å². The van der Waals surface area contributed by atoms with Gasteiger partial charge in [-0.25, -0.2) is 4.79 Å². The highest BCUT2D eigenvalue weighted by atomic mass is 16.6. The number of rotatable bonds is 1. The molecule has 16 heavy (non-hydrogen) atoms. The van der Waals surface area contributed by atoms with Crippen LogP contribution in [0.3, 0.4) is 0 Å². The predicted octanol–water partition coefficient (Wildman–Crippen LogP) is 0.597. The highest BCUT2D eigenvalue weighted by Crippen LogP contribution is 2.19. The van der Waals surface area contributed by atoms with Gasteiger partial charge < -0.3 is 19.8 Å². The maximum absolute atomic E-state index is 11.7. The van der Waals surface area contributed by atoms with Gasteiger partial charge in [0.2, 0.25) is 0 Å². The molecule has 2 atom stereocenters. The van der Waals surface area contributed by atoms with E-state index in [1.807, 2.05) is 20.8 Å². The van der Waals surface area contributed by atoms with Crippen LogP contribution >= 0.6 is 0 Å². The minimum absolute atomic E-state index is 0.111. The summed E-state index contributed by atoms with van der Waals surface area (Å²) in [4.78, 5) is 13.3. The Morgan fingerprint density at radius 3 is 2.62 bits per heavy atom. The average Bonchev–Trinajstić information content (AvgIpc) is 2.15. The average molecular weight is 231 g/mol. The third-order valence-corrected chi connectivity index (χ3v) is 2.58. The van der Waals surface area contributed by atoms with Crippen molar-refractivity contribution in [3.05, 3.63) is 0 Å². The first-order valence-electron chi connectivity index (χ1n) is 5.60. The number of hydrogen-bond acceptors (Lipinski definition) is 4. The van der Waals surface area contributed by atoms with Gasteiger partial charge in [-0.05, 0) is 27.2 Å². The second kappa shape index (κ2) is 5.01. The Kier molecular flexibility index (Phi) is 4.15. The first-order valence-corrected chi connectivity index (χ1v) is 5.60. The molecule has 5 nitrogen and oxygen atoms in total. The number of likely N-dealkylation sites (tertiary alicyclic amines) is 1. The number of hydrogen-bond donors (Lipinski definition) is 2. The Bertz CT molecular complexity index is 249. The summed E-state index contributed by atoms with van der Waals surface area (Å²) in [5.74, 6) is -0.263. The molecule has 0 radical (unpaired) electrons. The molecule has 0 aromatic rings. The highest BCUT2D eigenvalue weighted by Gasteiger charge is 2.31. The fourth-order valence-corrected chi connectivity index (χ4v) is 1.69. The van der Waals surface area contributed by atoms with Crippen LogP contribution in [0.15, 0.2) is 0 Å². The summed E-state index contributed by atoms with van der Waals surface area (Å²) in [6.45, 7) is 6.16. The van der Waals surface area contributed by atoms with Crippen LogP contribution in [0, 0.1) is 5.92 Å². The molecule has 0 bridgehead atoms. The Morgan fingerprint density at radius 1 is 1.50 bits per heavy atom. The molecule has 1 aliphatic heterocycles. The molecular formula is C11H21NO4. The molecule has 1 aliphatic rings. The zero-order valence-corrected chi connectivity index (χ0v) is 10.1. The Hall–Kier alpha value is -0.810. The van der Waals surface area contributed by atoms with Crippen molar-refractivity contribution in [2.24, 2.45) is 5.92 Å². The first-order chi connectivity index (χ1) is 7.33. The number of ether oxygens (including phenoxy) is 1. The quantitative estimate of drug-likeness (QED) is 0.693. The van der Waals surface area contributed by atoms with Gasteiger partial charge in [-0.15, -0.1) is 0 Å². The lowest BCUT2D eigenvalue weighted by Gasteiger charge is -2.36. The zero-order valence-electron chi connectivity index (χ0n) is 10.1. The van der Waals surface area contributed by atoms with Gasteiger partial charge in [0.05, 0.1) is 12.7 Å². The lowest BCUT2D eigenvalue weighted by molar-refractivity contribution is -0.0203. The van der Waals surface area contributed by atoms with E-state index in [-0.39, 0.29) is 18.6 Å². The molecule has 0 saturated carbocycles. The molecule has 0 spiro atoms. The summed E-state index contributed by atoms with van der Waals surface area (Å²) in [5.41, 5.74) is -0.512. The molecular weight excluding hydrogens is 210 g/mol. The third-order valence-electron chi connectivity index (χ3n) is 2.58. The minimum Gasteiger partial charge on any atom is -0.444 e. The minimum atomic E-state index is -0.524. The highest BCUT2D eigenvalue weighted by molar-refractivity contribution is 5.68. The standard InChI is InChI=1S/C11H21NO4/c1-11(2,3)16-10(15)12-5-4-9(14)8(6-12)7-13/h8-9,13-14H,4-7H2,1-3H3/t8-,9+/m0/s1. The first kappa shape index (κ1) is 13.3. The number of aliphatic hydroxyl groups is 2. The largest absolute Gasteiger partial charge is 0.444 e. The van der Waals surface area contributed by atoms with Crippen molar-refractivity contribution in [2.75, 3.05) is 19.7 Å². The SMILES string of the molecule is CC(C)(C)OC(=O)N1CC[C@@H](O)[C@H](CO)C1. The predicted molar refractivity (Wildman–Crippen MR) is 59.0 cm³/mol. The molecule has 94 valence electrons. The Labute approximate surface area is 96.0 Å². The van der Waals surface area contributed by atoms with Crippen molar-refractivity contribution in [1.82, 2.24) is 4.90 Å². The molecule has 1 fully saturated rings. The van der Waals surface area contributed by atoms with Gasteiger partial charge in [0.25, 0.3) is 0 Å². The van der Waals surface area contributed by atoms with Crippen molar-refractivity contribution in [3.8, 4) is 0 Å². The van der Waals surface area contributed by atoms with Crippen molar-refractivity contribution >= 4 is 6.09 Å². The summed E-state index contributed by atoms with van der Waals surface area (Å²) in [5, 5.41) is 18.6. The van der Waals surface area contributed by atoms with E-state index in [1.54, 1.807) is 4.90 Å². The van der Waals surface area contributed by atoms with Crippen LogP contribution in [0.25, 0.3) is 0 Å². The van der Waals surface area contributed by atoms with Gasteiger partial charge >= 0.3 is 6.09 Å². The van der Waals surface area contributed by atoms with Crippen molar-refractivity contribution in [2.45, 2.75) is 38.9 Å². The van der Waals surface area contributed by atoms with Gasteiger partial charge in [0, 0.05) is 19.0 Å². The van der Waals surface area contributed by atoms with Crippen molar-refractivity contribution in [3.63, 3.8) is 0 Å². The van der Waals surface area contributed by atoms with Gasteiger partial charge in [0.15, 0.2) is 0 Å². The van der Waals surface area contributed by atoms with E-state index >= 15 is 0 Å². The number of amides is 1. The van der Waals surface area contributed by atoms with Crippen LogP contribution in [0.2, 0.25) is 0 Å².